The average molecular weight is 246 g/mol. The number of hydrogen-bond acceptors (Lipinski definition) is 7. The van der Waals surface area contributed by atoms with Crippen LogP contribution in [0, 0.1) is 13.8 Å². The predicted molar refractivity (Wildman–Crippen MR) is 68.8 cm³/mol. The highest BCUT2D eigenvalue weighted by molar-refractivity contribution is 7.00. The highest BCUT2D eigenvalue weighted by atomic mass is 32.1. The van der Waals surface area contributed by atoms with Crippen molar-refractivity contribution in [3.8, 4) is 0 Å². The molecular weight excluding hydrogens is 236 g/mol. The SMILES string of the molecule is Cc1c2nsnc2c(C)c2nc(N)c(N)nc12. The largest absolute Gasteiger partial charge is 0.381 e. The van der Waals surface area contributed by atoms with E-state index < -0.39 is 0 Å². The molecule has 86 valence electrons. The van der Waals surface area contributed by atoms with Gasteiger partial charge in [0.15, 0.2) is 11.6 Å². The molecule has 2 aromatic heterocycles. The summed E-state index contributed by atoms with van der Waals surface area (Å²) in [7, 11) is 0. The van der Waals surface area contributed by atoms with E-state index in [0.29, 0.717) is 0 Å². The zero-order valence-corrected chi connectivity index (χ0v) is 10.2. The second-order valence-electron chi connectivity index (χ2n) is 3.90. The van der Waals surface area contributed by atoms with E-state index in [1.54, 1.807) is 0 Å². The van der Waals surface area contributed by atoms with Gasteiger partial charge in [0.05, 0.1) is 22.8 Å². The first-order chi connectivity index (χ1) is 8.09. The van der Waals surface area contributed by atoms with Crippen LogP contribution in [0.1, 0.15) is 11.1 Å². The summed E-state index contributed by atoms with van der Waals surface area (Å²) in [4.78, 5) is 8.58. The number of benzene rings is 1. The van der Waals surface area contributed by atoms with Crippen molar-refractivity contribution < 1.29 is 0 Å². The third kappa shape index (κ3) is 1.26. The van der Waals surface area contributed by atoms with Gasteiger partial charge in [-0.1, -0.05) is 0 Å². The van der Waals surface area contributed by atoms with Gasteiger partial charge in [-0.15, -0.1) is 0 Å². The van der Waals surface area contributed by atoms with E-state index in [-0.39, 0.29) is 11.6 Å². The molecule has 6 nitrogen and oxygen atoms in total. The van der Waals surface area contributed by atoms with Crippen molar-refractivity contribution in [3.63, 3.8) is 0 Å². The Hall–Kier alpha value is -2.02. The number of aryl methyl sites for hydroxylation is 2. The van der Waals surface area contributed by atoms with Crippen LogP contribution in [0.3, 0.4) is 0 Å². The van der Waals surface area contributed by atoms with Crippen LogP contribution in [0.25, 0.3) is 22.1 Å². The van der Waals surface area contributed by atoms with Gasteiger partial charge in [-0.05, 0) is 13.8 Å². The van der Waals surface area contributed by atoms with Gasteiger partial charge in [0.1, 0.15) is 11.0 Å². The molecule has 7 heteroatoms. The Kier molecular flexibility index (Phi) is 1.93. The molecule has 2 heterocycles. The van der Waals surface area contributed by atoms with E-state index in [1.165, 1.54) is 11.7 Å². The molecule has 0 fully saturated rings. The molecule has 0 aliphatic rings. The number of nitrogen functional groups attached to an aromatic ring is 2. The van der Waals surface area contributed by atoms with Crippen LogP contribution < -0.4 is 11.5 Å². The summed E-state index contributed by atoms with van der Waals surface area (Å²) in [6.07, 6.45) is 0. The first kappa shape index (κ1) is 10.2. The smallest absolute Gasteiger partial charge is 0.166 e. The molecule has 0 amide bonds. The number of nitrogens with two attached hydrogens (primary N) is 2. The van der Waals surface area contributed by atoms with Crippen molar-refractivity contribution in [1.29, 1.82) is 0 Å². The number of fused-ring (bicyclic) bond motifs is 2. The van der Waals surface area contributed by atoms with Crippen LogP contribution in [0.5, 0.6) is 0 Å². The molecular formula is C10H10N6S. The fourth-order valence-electron chi connectivity index (χ4n) is 1.89. The summed E-state index contributed by atoms with van der Waals surface area (Å²) in [5.74, 6) is 0.505. The molecule has 1 aromatic carbocycles. The quantitative estimate of drug-likeness (QED) is 0.621. The van der Waals surface area contributed by atoms with E-state index in [1.807, 2.05) is 13.8 Å². The lowest BCUT2D eigenvalue weighted by Crippen LogP contribution is -2.03. The second-order valence-corrected chi connectivity index (χ2v) is 4.43. The Morgan fingerprint density at radius 3 is 1.59 bits per heavy atom. The topological polar surface area (TPSA) is 104 Å². The molecule has 0 saturated carbocycles. The number of rotatable bonds is 0. The van der Waals surface area contributed by atoms with E-state index in [9.17, 15) is 0 Å². The van der Waals surface area contributed by atoms with Crippen molar-refractivity contribution >= 4 is 45.4 Å². The standard InChI is InChI=1S/C10H10N6S/c1-3-5-6(14-10(12)9(11)13-5)4(2)8-7(3)15-17-16-8/h1-2H3,(H2,11,13)(H2,12,14). The van der Waals surface area contributed by atoms with Crippen molar-refractivity contribution in [2.75, 3.05) is 11.5 Å². The zero-order valence-electron chi connectivity index (χ0n) is 9.35. The second kappa shape index (κ2) is 3.24. The van der Waals surface area contributed by atoms with Crippen molar-refractivity contribution in [2.24, 2.45) is 0 Å². The van der Waals surface area contributed by atoms with Gasteiger partial charge in [0.25, 0.3) is 0 Å². The normalized spacial score (nSPS) is 11.4. The summed E-state index contributed by atoms with van der Waals surface area (Å²) >= 11 is 1.18. The molecule has 0 saturated heterocycles. The first-order valence-electron chi connectivity index (χ1n) is 5.03. The summed E-state index contributed by atoms with van der Waals surface area (Å²) in [5.41, 5.74) is 16.5. The van der Waals surface area contributed by atoms with Gasteiger partial charge in [0.2, 0.25) is 0 Å². The molecule has 0 atom stereocenters. The maximum absolute atomic E-state index is 5.69. The summed E-state index contributed by atoms with van der Waals surface area (Å²) in [5, 5.41) is 0. The van der Waals surface area contributed by atoms with Crippen LogP contribution in [0.2, 0.25) is 0 Å². The number of aromatic nitrogens is 4. The molecule has 0 unspecified atom stereocenters. The Morgan fingerprint density at radius 1 is 0.765 bits per heavy atom. The van der Waals surface area contributed by atoms with Crippen LogP contribution in [-0.2, 0) is 0 Å². The van der Waals surface area contributed by atoms with E-state index in [4.69, 9.17) is 11.5 Å². The fourth-order valence-corrected chi connectivity index (χ4v) is 2.54. The highest BCUT2D eigenvalue weighted by Crippen LogP contribution is 2.30. The Morgan fingerprint density at radius 2 is 1.18 bits per heavy atom. The van der Waals surface area contributed by atoms with Crippen LogP contribution in [-0.4, -0.2) is 18.7 Å². The lowest BCUT2D eigenvalue weighted by Gasteiger charge is -2.07. The zero-order chi connectivity index (χ0) is 12.2. The molecule has 0 aliphatic heterocycles. The van der Waals surface area contributed by atoms with Gasteiger partial charge in [-0.2, -0.15) is 8.75 Å². The molecule has 3 aromatic rings. The van der Waals surface area contributed by atoms with Crippen LogP contribution in [0.4, 0.5) is 11.6 Å². The lowest BCUT2D eigenvalue weighted by atomic mass is 10.1. The van der Waals surface area contributed by atoms with Crippen molar-refractivity contribution in [1.82, 2.24) is 18.7 Å². The van der Waals surface area contributed by atoms with Crippen LogP contribution in [0.15, 0.2) is 0 Å². The Bertz CT molecular complexity index is 686. The third-order valence-corrected chi connectivity index (χ3v) is 3.39. The first-order valence-corrected chi connectivity index (χ1v) is 5.76. The highest BCUT2D eigenvalue weighted by Gasteiger charge is 2.15. The minimum absolute atomic E-state index is 0.252. The molecule has 0 aliphatic carbocycles. The van der Waals surface area contributed by atoms with Gasteiger partial charge in [-0.25, -0.2) is 9.97 Å². The van der Waals surface area contributed by atoms with Gasteiger partial charge in [-0.3, -0.25) is 0 Å². The number of hydrogen-bond donors (Lipinski definition) is 2. The van der Waals surface area contributed by atoms with Gasteiger partial charge < -0.3 is 11.5 Å². The lowest BCUT2D eigenvalue weighted by molar-refractivity contribution is 1.28. The predicted octanol–water partition coefficient (Wildman–Crippen LogP) is 1.42. The molecule has 17 heavy (non-hydrogen) atoms. The monoisotopic (exact) mass is 246 g/mol. The molecule has 3 rings (SSSR count). The maximum atomic E-state index is 5.69. The average Bonchev–Trinajstić information content (AvgIpc) is 2.78. The van der Waals surface area contributed by atoms with Crippen molar-refractivity contribution in [3.05, 3.63) is 11.1 Å². The van der Waals surface area contributed by atoms with E-state index in [2.05, 4.69) is 18.7 Å². The summed E-state index contributed by atoms with van der Waals surface area (Å²) < 4.78 is 8.54. The van der Waals surface area contributed by atoms with E-state index >= 15 is 0 Å². The minimum atomic E-state index is 0.252. The van der Waals surface area contributed by atoms with Crippen molar-refractivity contribution in [2.45, 2.75) is 13.8 Å². The molecule has 0 radical (unpaired) electrons. The number of anilines is 2. The van der Waals surface area contributed by atoms with Gasteiger partial charge in [0, 0.05) is 11.1 Å². The summed E-state index contributed by atoms with van der Waals surface area (Å²) in [6.45, 7) is 3.88. The molecule has 0 spiro atoms. The third-order valence-electron chi connectivity index (χ3n) is 2.86. The number of nitrogens with zero attached hydrogens (tertiary/aromatic N) is 4. The van der Waals surface area contributed by atoms with E-state index in [0.717, 1.165) is 33.2 Å². The summed E-state index contributed by atoms with van der Waals surface area (Å²) in [6, 6.07) is 0. The molecule has 4 N–H and O–H groups in total. The van der Waals surface area contributed by atoms with Gasteiger partial charge >= 0.3 is 0 Å². The minimum Gasteiger partial charge on any atom is -0.381 e. The Balaban J connectivity index is 2.63. The van der Waals surface area contributed by atoms with Crippen LogP contribution >= 0.6 is 11.7 Å². The molecule has 0 bridgehead atoms. The fraction of sp³-hybridized carbons (Fsp3) is 0.200. The maximum Gasteiger partial charge on any atom is 0.166 e. The Labute approximate surface area is 101 Å².